The van der Waals surface area contributed by atoms with Crippen LogP contribution in [-0.4, -0.2) is 12.6 Å². The number of carbonyl (C=O) groups is 1. The summed E-state index contributed by atoms with van der Waals surface area (Å²) in [4.78, 5) is 11.5. The van der Waals surface area contributed by atoms with E-state index in [1.807, 2.05) is 19.1 Å². The lowest BCUT2D eigenvalue weighted by Gasteiger charge is -2.09. The molecule has 0 aliphatic heterocycles. The maximum Gasteiger partial charge on any atom is 0.310 e. The van der Waals surface area contributed by atoms with Gasteiger partial charge in [-0.3, -0.25) is 4.79 Å². The van der Waals surface area contributed by atoms with Gasteiger partial charge in [0, 0.05) is 3.57 Å². The van der Waals surface area contributed by atoms with Gasteiger partial charge in [0.2, 0.25) is 0 Å². The highest BCUT2D eigenvalue weighted by Crippen LogP contribution is 2.20. The number of nitriles is 1. The normalized spacial score (nSPS) is 9.76. The summed E-state index contributed by atoms with van der Waals surface area (Å²) < 4.78 is 5.81. The van der Waals surface area contributed by atoms with E-state index in [1.54, 1.807) is 6.92 Å². The maximum atomic E-state index is 11.5. The minimum absolute atomic E-state index is 0.220. The molecule has 0 N–H and O–H groups in total. The number of esters is 1. The molecule has 0 aromatic heterocycles. The van der Waals surface area contributed by atoms with Gasteiger partial charge in [-0.15, -0.1) is 0 Å². The average molecular weight is 343 g/mol. The van der Waals surface area contributed by atoms with Crippen molar-refractivity contribution in [1.29, 1.82) is 5.26 Å². The number of hydrogen-bond acceptors (Lipinski definition) is 3. The summed E-state index contributed by atoms with van der Waals surface area (Å²) in [6, 6.07) is 5.91. The third-order valence-corrected chi connectivity index (χ3v) is 3.32. The quantitative estimate of drug-likeness (QED) is 0.624. The van der Waals surface area contributed by atoms with E-state index < -0.39 is 0 Å². The number of benzene rings is 1. The molecule has 0 saturated heterocycles. The summed E-state index contributed by atoms with van der Waals surface area (Å²) >= 11 is 2.11. The largest absolute Gasteiger partial charge is 0.466 e. The molecular formula is C13H14INO2. The monoisotopic (exact) mass is 343 g/mol. The topological polar surface area (TPSA) is 50.1 Å². The Morgan fingerprint density at radius 3 is 2.65 bits per heavy atom. The summed E-state index contributed by atoms with van der Waals surface area (Å²) in [5.74, 6) is -0.220. The van der Waals surface area contributed by atoms with E-state index in [-0.39, 0.29) is 12.4 Å². The molecule has 0 atom stereocenters. The van der Waals surface area contributed by atoms with Gasteiger partial charge >= 0.3 is 5.97 Å². The van der Waals surface area contributed by atoms with Crippen molar-refractivity contribution in [2.75, 3.05) is 6.61 Å². The van der Waals surface area contributed by atoms with E-state index in [0.717, 1.165) is 21.1 Å². The van der Waals surface area contributed by atoms with Gasteiger partial charge in [0.25, 0.3) is 0 Å². The molecule has 0 saturated carbocycles. The van der Waals surface area contributed by atoms with Gasteiger partial charge < -0.3 is 4.74 Å². The Hall–Kier alpha value is -1.09. The molecule has 0 unspecified atom stereocenters. The van der Waals surface area contributed by atoms with Crippen molar-refractivity contribution in [3.63, 3.8) is 0 Å². The Labute approximate surface area is 115 Å². The first-order chi connectivity index (χ1) is 8.12. The van der Waals surface area contributed by atoms with Crippen LogP contribution in [0.1, 0.15) is 30.5 Å². The predicted octanol–water partition coefficient (Wildman–Crippen LogP) is 2.83. The molecule has 0 bridgehead atoms. The van der Waals surface area contributed by atoms with Gasteiger partial charge in [0.05, 0.1) is 18.6 Å². The van der Waals surface area contributed by atoms with Crippen LogP contribution in [0.15, 0.2) is 12.1 Å². The maximum absolute atomic E-state index is 11.5. The molecule has 0 spiro atoms. The summed E-state index contributed by atoms with van der Waals surface area (Å²) in [5.41, 5.74) is 2.65. The van der Waals surface area contributed by atoms with Gasteiger partial charge in [-0.2, -0.15) is 5.26 Å². The van der Waals surface area contributed by atoms with E-state index in [9.17, 15) is 4.79 Å². The minimum Gasteiger partial charge on any atom is -0.466 e. The first-order valence-electron chi connectivity index (χ1n) is 5.49. The zero-order valence-corrected chi connectivity index (χ0v) is 12.1. The van der Waals surface area contributed by atoms with Gasteiger partial charge in [-0.1, -0.05) is 6.92 Å². The smallest absolute Gasteiger partial charge is 0.310 e. The van der Waals surface area contributed by atoms with E-state index in [2.05, 4.69) is 28.7 Å². The molecule has 4 heteroatoms. The van der Waals surface area contributed by atoms with Crippen molar-refractivity contribution in [3.8, 4) is 6.07 Å². The van der Waals surface area contributed by atoms with Crippen LogP contribution in [0.3, 0.4) is 0 Å². The van der Waals surface area contributed by atoms with Crippen LogP contribution in [0.2, 0.25) is 0 Å². The highest BCUT2D eigenvalue weighted by Gasteiger charge is 2.11. The Bertz CT molecular complexity index is 463. The molecule has 1 aromatic carbocycles. The number of hydrogen-bond donors (Lipinski definition) is 0. The summed E-state index contributed by atoms with van der Waals surface area (Å²) in [6.45, 7) is 4.20. The average Bonchev–Trinajstić information content (AvgIpc) is 2.29. The highest BCUT2D eigenvalue weighted by atomic mass is 127. The number of carbonyl (C=O) groups excluding carboxylic acids is 1. The Morgan fingerprint density at radius 1 is 1.41 bits per heavy atom. The molecule has 0 radical (unpaired) electrons. The van der Waals surface area contributed by atoms with Crippen LogP contribution in [-0.2, 0) is 22.4 Å². The fraction of sp³-hybridized carbons (Fsp3) is 0.385. The molecule has 0 fully saturated rings. The number of ether oxygens (including phenoxy) is 1. The Balaban J connectivity index is 3.03. The van der Waals surface area contributed by atoms with Crippen molar-refractivity contribution in [2.45, 2.75) is 26.7 Å². The SMILES string of the molecule is CCOC(=O)Cc1cc(I)c(C#N)cc1CC. The number of rotatable bonds is 4. The van der Waals surface area contributed by atoms with Crippen LogP contribution in [0.4, 0.5) is 0 Å². The third kappa shape index (κ3) is 3.70. The summed E-state index contributed by atoms with van der Waals surface area (Å²) in [5, 5.41) is 8.95. The van der Waals surface area contributed by atoms with E-state index >= 15 is 0 Å². The van der Waals surface area contributed by atoms with Crippen LogP contribution in [0.25, 0.3) is 0 Å². The first-order valence-corrected chi connectivity index (χ1v) is 6.57. The Kier molecular flexibility index (Phi) is 5.42. The standard InChI is InChI=1S/C13H14INO2/c1-3-9-5-11(8-15)12(14)6-10(9)7-13(16)17-4-2/h5-6H,3-4,7H2,1-2H3. The number of nitrogens with zero attached hydrogens (tertiary/aromatic N) is 1. The first kappa shape index (κ1) is 14.0. The van der Waals surface area contributed by atoms with Crippen LogP contribution in [0, 0.1) is 14.9 Å². The lowest BCUT2D eigenvalue weighted by Crippen LogP contribution is -2.09. The molecule has 0 aliphatic rings. The number of aryl methyl sites for hydroxylation is 1. The van der Waals surface area contributed by atoms with Crippen LogP contribution < -0.4 is 0 Å². The molecule has 0 heterocycles. The summed E-state index contributed by atoms with van der Waals surface area (Å²) in [7, 11) is 0. The molecule has 0 aliphatic carbocycles. The molecule has 90 valence electrons. The zero-order valence-electron chi connectivity index (χ0n) is 9.92. The van der Waals surface area contributed by atoms with Crippen molar-refractivity contribution in [3.05, 3.63) is 32.4 Å². The van der Waals surface area contributed by atoms with E-state index in [1.165, 1.54) is 0 Å². The molecular weight excluding hydrogens is 329 g/mol. The van der Waals surface area contributed by atoms with Crippen molar-refractivity contribution in [2.24, 2.45) is 0 Å². The number of halogens is 1. The molecule has 17 heavy (non-hydrogen) atoms. The van der Waals surface area contributed by atoms with Gasteiger partial charge in [-0.25, -0.2) is 0 Å². The van der Waals surface area contributed by atoms with E-state index in [0.29, 0.717) is 12.2 Å². The zero-order chi connectivity index (χ0) is 12.8. The third-order valence-electron chi connectivity index (χ3n) is 2.43. The fourth-order valence-corrected chi connectivity index (χ4v) is 2.26. The van der Waals surface area contributed by atoms with Crippen molar-refractivity contribution >= 4 is 28.6 Å². The van der Waals surface area contributed by atoms with Crippen molar-refractivity contribution in [1.82, 2.24) is 0 Å². The van der Waals surface area contributed by atoms with Gasteiger partial charge in [0.1, 0.15) is 6.07 Å². The predicted molar refractivity (Wildman–Crippen MR) is 73.6 cm³/mol. The van der Waals surface area contributed by atoms with Crippen LogP contribution >= 0.6 is 22.6 Å². The summed E-state index contributed by atoms with van der Waals surface area (Å²) in [6.07, 6.45) is 1.08. The van der Waals surface area contributed by atoms with E-state index in [4.69, 9.17) is 10.00 Å². The second-order valence-corrected chi connectivity index (χ2v) is 4.71. The van der Waals surface area contributed by atoms with Gasteiger partial charge in [0.15, 0.2) is 0 Å². The van der Waals surface area contributed by atoms with Crippen LogP contribution in [0.5, 0.6) is 0 Å². The molecule has 1 rings (SSSR count). The molecule has 1 aromatic rings. The van der Waals surface area contributed by atoms with Crippen molar-refractivity contribution < 1.29 is 9.53 Å². The molecule has 0 amide bonds. The second-order valence-electron chi connectivity index (χ2n) is 3.55. The molecule has 3 nitrogen and oxygen atoms in total. The fourth-order valence-electron chi connectivity index (χ4n) is 1.61. The van der Waals surface area contributed by atoms with Gasteiger partial charge in [-0.05, 0) is 59.2 Å². The lowest BCUT2D eigenvalue weighted by atomic mass is 10.00. The highest BCUT2D eigenvalue weighted by molar-refractivity contribution is 14.1. The lowest BCUT2D eigenvalue weighted by molar-refractivity contribution is -0.142. The Morgan fingerprint density at radius 2 is 2.12 bits per heavy atom. The minimum atomic E-state index is -0.220. The second kappa shape index (κ2) is 6.60.